The van der Waals surface area contributed by atoms with E-state index in [-0.39, 0.29) is 11.9 Å². The predicted octanol–water partition coefficient (Wildman–Crippen LogP) is 2.81. The third-order valence-corrected chi connectivity index (χ3v) is 4.98. The highest BCUT2D eigenvalue weighted by Gasteiger charge is 2.24. The van der Waals surface area contributed by atoms with Crippen LogP contribution in [0.1, 0.15) is 22.9 Å². The van der Waals surface area contributed by atoms with Crippen molar-refractivity contribution in [2.45, 2.75) is 32.5 Å². The van der Waals surface area contributed by atoms with Crippen LogP contribution in [0.5, 0.6) is 0 Å². The van der Waals surface area contributed by atoms with E-state index in [1.54, 1.807) is 11.3 Å². The first-order valence-corrected chi connectivity index (χ1v) is 8.23. The Labute approximate surface area is 129 Å². The molecule has 0 unspecified atom stereocenters. The summed E-state index contributed by atoms with van der Waals surface area (Å²) in [6.45, 7) is 4.44. The Kier molecular flexibility index (Phi) is 4.36. The van der Waals surface area contributed by atoms with Gasteiger partial charge in [0, 0.05) is 18.0 Å². The van der Waals surface area contributed by atoms with Gasteiger partial charge in [0.25, 0.3) is 0 Å². The topological polar surface area (TPSA) is 32.3 Å². The average molecular weight is 300 g/mol. The number of benzene rings is 1. The Balaban J connectivity index is 1.58. The van der Waals surface area contributed by atoms with Crippen LogP contribution in [0.4, 0.5) is 0 Å². The molecule has 21 heavy (non-hydrogen) atoms. The van der Waals surface area contributed by atoms with E-state index in [4.69, 9.17) is 0 Å². The lowest BCUT2D eigenvalue weighted by molar-refractivity contribution is -0.126. The van der Waals surface area contributed by atoms with E-state index in [1.807, 2.05) is 24.4 Å². The van der Waals surface area contributed by atoms with Gasteiger partial charge in [-0.15, -0.1) is 11.3 Å². The van der Waals surface area contributed by atoms with Crippen molar-refractivity contribution in [3.05, 3.63) is 57.8 Å². The third-order valence-electron chi connectivity index (χ3n) is 4.10. The molecule has 4 heteroatoms. The number of carbonyl (C=O) groups excluding carboxylic acids is 1. The number of nitrogens with zero attached hydrogens (tertiary/aromatic N) is 1. The van der Waals surface area contributed by atoms with E-state index < -0.39 is 0 Å². The van der Waals surface area contributed by atoms with Gasteiger partial charge in [0.05, 0.1) is 12.6 Å². The fourth-order valence-corrected chi connectivity index (χ4v) is 3.39. The van der Waals surface area contributed by atoms with Gasteiger partial charge in [0.1, 0.15) is 0 Å². The van der Waals surface area contributed by atoms with E-state index in [0.29, 0.717) is 6.54 Å². The van der Waals surface area contributed by atoms with Gasteiger partial charge in [-0.3, -0.25) is 9.69 Å². The van der Waals surface area contributed by atoms with Crippen LogP contribution in [0.15, 0.2) is 41.8 Å². The predicted molar refractivity (Wildman–Crippen MR) is 86.2 cm³/mol. The van der Waals surface area contributed by atoms with Gasteiger partial charge in [-0.2, -0.15) is 0 Å². The highest BCUT2D eigenvalue weighted by molar-refractivity contribution is 7.09. The largest absolute Gasteiger partial charge is 0.350 e. The standard InChI is InChI=1S/C17H20N2OS/c1-13(17(20)18-11-16-7-4-10-21-16)19-9-8-14-5-2-3-6-15(14)12-19/h2-7,10,13H,8-9,11-12H2,1H3,(H,18,20)/t13-/m1/s1. The summed E-state index contributed by atoms with van der Waals surface area (Å²) >= 11 is 1.67. The molecule has 0 fully saturated rings. The minimum atomic E-state index is -0.0849. The van der Waals surface area contributed by atoms with Crippen molar-refractivity contribution in [3.8, 4) is 0 Å². The molecule has 0 aliphatic carbocycles. The van der Waals surface area contributed by atoms with E-state index in [0.717, 1.165) is 19.5 Å². The van der Waals surface area contributed by atoms with Crippen molar-refractivity contribution < 1.29 is 4.79 Å². The van der Waals surface area contributed by atoms with Gasteiger partial charge in [-0.1, -0.05) is 30.3 Å². The van der Waals surface area contributed by atoms with Crippen LogP contribution in [-0.2, 0) is 24.3 Å². The Bertz CT molecular complexity index is 609. The van der Waals surface area contributed by atoms with E-state index in [9.17, 15) is 4.79 Å². The second-order valence-corrected chi connectivity index (χ2v) is 6.49. The molecule has 1 amide bonds. The van der Waals surface area contributed by atoms with Crippen LogP contribution in [0.3, 0.4) is 0 Å². The van der Waals surface area contributed by atoms with Gasteiger partial charge in [0.2, 0.25) is 5.91 Å². The fourth-order valence-electron chi connectivity index (χ4n) is 2.75. The molecular weight excluding hydrogens is 280 g/mol. The minimum Gasteiger partial charge on any atom is -0.350 e. The molecule has 0 bridgehead atoms. The highest BCUT2D eigenvalue weighted by Crippen LogP contribution is 2.20. The quantitative estimate of drug-likeness (QED) is 0.941. The first-order chi connectivity index (χ1) is 10.2. The van der Waals surface area contributed by atoms with Crippen LogP contribution in [-0.4, -0.2) is 23.4 Å². The third kappa shape index (κ3) is 3.34. The maximum atomic E-state index is 12.3. The smallest absolute Gasteiger partial charge is 0.237 e. The van der Waals surface area contributed by atoms with Crippen molar-refractivity contribution in [1.29, 1.82) is 0 Å². The molecule has 2 aromatic rings. The normalized spacial score (nSPS) is 16.2. The summed E-state index contributed by atoms with van der Waals surface area (Å²) in [7, 11) is 0. The monoisotopic (exact) mass is 300 g/mol. The van der Waals surface area contributed by atoms with Crippen molar-refractivity contribution >= 4 is 17.2 Å². The average Bonchev–Trinajstić information content (AvgIpc) is 3.05. The van der Waals surface area contributed by atoms with Gasteiger partial charge in [-0.25, -0.2) is 0 Å². The number of thiophene rings is 1. The van der Waals surface area contributed by atoms with E-state index in [1.165, 1.54) is 16.0 Å². The van der Waals surface area contributed by atoms with Crippen LogP contribution in [0.25, 0.3) is 0 Å². The lowest BCUT2D eigenvalue weighted by atomic mass is 9.99. The maximum Gasteiger partial charge on any atom is 0.237 e. The first-order valence-electron chi connectivity index (χ1n) is 7.35. The summed E-state index contributed by atoms with van der Waals surface area (Å²) in [5, 5.41) is 5.07. The molecule has 3 rings (SSSR count). The fraction of sp³-hybridized carbons (Fsp3) is 0.353. The number of nitrogens with one attached hydrogen (secondary N) is 1. The van der Waals surface area contributed by atoms with E-state index >= 15 is 0 Å². The minimum absolute atomic E-state index is 0.0849. The lowest BCUT2D eigenvalue weighted by Gasteiger charge is -2.32. The van der Waals surface area contributed by atoms with Gasteiger partial charge in [0.15, 0.2) is 0 Å². The Morgan fingerprint density at radius 3 is 2.86 bits per heavy atom. The van der Waals surface area contributed by atoms with Crippen molar-refractivity contribution in [2.75, 3.05) is 6.54 Å². The van der Waals surface area contributed by atoms with Gasteiger partial charge in [-0.05, 0) is 35.9 Å². The summed E-state index contributed by atoms with van der Waals surface area (Å²) in [6.07, 6.45) is 1.03. The molecule has 1 atom stereocenters. The molecular formula is C17H20N2OS. The molecule has 0 radical (unpaired) electrons. The molecule has 1 aromatic heterocycles. The summed E-state index contributed by atoms with van der Waals surface area (Å²) in [4.78, 5) is 15.8. The number of amides is 1. The molecule has 0 spiro atoms. The van der Waals surface area contributed by atoms with Crippen molar-refractivity contribution in [1.82, 2.24) is 10.2 Å². The zero-order valence-electron chi connectivity index (χ0n) is 12.2. The molecule has 110 valence electrons. The van der Waals surface area contributed by atoms with Crippen molar-refractivity contribution in [2.24, 2.45) is 0 Å². The molecule has 0 saturated carbocycles. The Morgan fingerprint density at radius 2 is 2.10 bits per heavy atom. The van der Waals surface area contributed by atoms with Gasteiger partial charge >= 0.3 is 0 Å². The number of fused-ring (bicyclic) bond motifs is 1. The van der Waals surface area contributed by atoms with Crippen molar-refractivity contribution in [3.63, 3.8) is 0 Å². The SMILES string of the molecule is C[C@H](C(=O)NCc1cccs1)N1CCc2ccccc2C1. The van der Waals surface area contributed by atoms with Crippen LogP contribution < -0.4 is 5.32 Å². The molecule has 1 N–H and O–H groups in total. The molecule has 0 saturated heterocycles. The zero-order valence-corrected chi connectivity index (χ0v) is 13.0. The van der Waals surface area contributed by atoms with E-state index in [2.05, 4.69) is 34.5 Å². The molecule has 1 aliphatic rings. The van der Waals surface area contributed by atoms with Crippen LogP contribution >= 0.6 is 11.3 Å². The molecule has 3 nitrogen and oxygen atoms in total. The van der Waals surface area contributed by atoms with Crippen LogP contribution in [0.2, 0.25) is 0 Å². The summed E-state index contributed by atoms with van der Waals surface area (Å²) in [5.41, 5.74) is 2.77. The highest BCUT2D eigenvalue weighted by atomic mass is 32.1. The number of carbonyl (C=O) groups is 1. The molecule has 1 aliphatic heterocycles. The number of hydrogen-bond donors (Lipinski definition) is 1. The molecule has 2 heterocycles. The summed E-state index contributed by atoms with van der Waals surface area (Å²) in [5.74, 6) is 0.114. The second-order valence-electron chi connectivity index (χ2n) is 5.46. The number of rotatable bonds is 4. The van der Waals surface area contributed by atoms with Gasteiger partial charge < -0.3 is 5.32 Å². The second kappa shape index (κ2) is 6.41. The zero-order chi connectivity index (χ0) is 14.7. The van der Waals surface area contributed by atoms with Crippen LogP contribution in [0, 0.1) is 0 Å². The Hall–Kier alpha value is -1.65. The number of hydrogen-bond acceptors (Lipinski definition) is 3. The molecule has 1 aromatic carbocycles. The first kappa shape index (κ1) is 14.3. The lowest BCUT2D eigenvalue weighted by Crippen LogP contribution is -2.46. The maximum absolute atomic E-state index is 12.3. The summed E-state index contributed by atoms with van der Waals surface area (Å²) < 4.78 is 0. The Morgan fingerprint density at radius 1 is 1.29 bits per heavy atom. The summed E-state index contributed by atoms with van der Waals surface area (Å²) in [6, 6.07) is 12.5.